The summed E-state index contributed by atoms with van der Waals surface area (Å²) < 4.78 is 28.2. The summed E-state index contributed by atoms with van der Waals surface area (Å²) >= 11 is 6.43. The first-order chi connectivity index (χ1) is 11.9. The highest BCUT2D eigenvalue weighted by atomic mass is 35.5. The Labute approximate surface area is 154 Å². The molecule has 1 N–H and O–H groups in total. The number of sulfonamides is 1. The van der Waals surface area contributed by atoms with Gasteiger partial charge in [0.25, 0.3) is 10.0 Å². The van der Waals surface area contributed by atoms with Gasteiger partial charge in [-0.05, 0) is 49.9 Å². The third-order valence-electron chi connectivity index (χ3n) is 4.54. The molecule has 1 aliphatic rings. The molecule has 0 amide bonds. The lowest BCUT2D eigenvalue weighted by Gasteiger charge is -2.34. The molecule has 0 saturated carbocycles. The number of hydrogen-bond donors (Lipinski definition) is 1. The second kappa shape index (κ2) is 7.26. The molecule has 2 aromatic rings. The van der Waals surface area contributed by atoms with Crippen molar-refractivity contribution in [3.8, 4) is 0 Å². The highest BCUT2D eigenvalue weighted by Gasteiger charge is 2.23. The van der Waals surface area contributed by atoms with Gasteiger partial charge in [0.05, 0.1) is 21.3 Å². The molecule has 134 valence electrons. The Kier molecular flexibility index (Phi) is 5.25. The summed E-state index contributed by atoms with van der Waals surface area (Å²) in [5.41, 5.74) is 2.32. The molecule has 1 saturated heterocycles. The van der Waals surface area contributed by atoms with Crippen LogP contribution in [0.5, 0.6) is 0 Å². The fraction of sp³-hybridized carbons (Fsp3) is 0.368. The van der Waals surface area contributed by atoms with Gasteiger partial charge in [0, 0.05) is 13.1 Å². The van der Waals surface area contributed by atoms with Crippen LogP contribution in [-0.2, 0) is 10.0 Å². The zero-order chi connectivity index (χ0) is 18.0. The summed E-state index contributed by atoms with van der Waals surface area (Å²) in [6, 6.07) is 12.2. The highest BCUT2D eigenvalue weighted by Crippen LogP contribution is 2.37. The van der Waals surface area contributed by atoms with Crippen LogP contribution in [-0.4, -0.2) is 21.5 Å². The Bertz CT molecular complexity index is 850. The molecule has 1 fully saturated rings. The van der Waals surface area contributed by atoms with E-state index in [-0.39, 0.29) is 4.90 Å². The first kappa shape index (κ1) is 18.1. The molecule has 2 aromatic carbocycles. The number of anilines is 2. The molecule has 0 bridgehead atoms. The topological polar surface area (TPSA) is 49.4 Å². The molecule has 1 unspecified atom stereocenters. The van der Waals surface area contributed by atoms with Crippen molar-refractivity contribution in [3.63, 3.8) is 0 Å². The van der Waals surface area contributed by atoms with Gasteiger partial charge in [-0.3, -0.25) is 4.72 Å². The number of benzene rings is 2. The molecule has 6 heteroatoms. The molecule has 4 nitrogen and oxygen atoms in total. The lowest BCUT2D eigenvalue weighted by molar-refractivity contribution is 0.447. The van der Waals surface area contributed by atoms with Gasteiger partial charge >= 0.3 is 0 Å². The normalized spacial score (nSPS) is 18.2. The highest BCUT2D eigenvalue weighted by molar-refractivity contribution is 7.92. The summed E-state index contributed by atoms with van der Waals surface area (Å²) in [5.74, 6) is 0.562. The zero-order valence-electron chi connectivity index (χ0n) is 14.5. The van der Waals surface area contributed by atoms with Gasteiger partial charge in [-0.2, -0.15) is 0 Å². The largest absolute Gasteiger partial charge is 0.368 e. The molecule has 0 aliphatic carbocycles. The Balaban J connectivity index is 1.95. The van der Waals surface area contributed by atoms with Gasteiger partial charge < -0.3 is 4.90 Å². The van der Waals surface area contributed by atoms with Crippen LogP contribution >= 0.6 is 11.6 Å². The molecule has 25 heavy (non-hydrogen) atoms. The third-order valence-corrected chi connectivity index (χ3v) is 6.22. The van der Waals surface area contributed by atoms with Crippen LogP contribution in [0.25, 0.3) is 0 Å². The fourth-order valence-corrected chi connectivity index (χ4v) is 4.59. The minimum atomic E-state index is -3.66. The molecule has 1 atom stereocenters. The van der Waals surface area contributed by atoms with Crippen molar-refractivity contribution in [3.05, 3.63) is 53.1 Å². The van der Waals surface area contributed by atoms with Crippen LogP contribution in [0.4, 0.5) is 11.4 Å². The second-order valence-corrected chi connectivity index (χ2v) is 8.84. The van der Waals surface area contributed by atoms with Crippen molar-refractivity contribution in [2.45, 2.75) is 31.6 Å². The molecular weight excluding hydrogens is 356 g/mol. The molecular formula is C19H23ClN2O2S. The van der Waals surface area contributed by atoms with E-state index in [0.29, 0.717) is 16.6 Å². The minimum absolute atomic E-state index is 0.246. The third kappa shape index (κ3) is 4.10. The zero-order valence-corrected chi connectivity index (χ0v) is 16.1. The lowest BCUT2D eigenvalue weighted by Crippen LogP contribution is -2.35. The molecule has 0 spiro atoms. The summed E-state index contributed by atoms with van der Waals surface area (Å²) in [6.45, 7) is 5.89. The van der Waals surface area contributed by atoms with E-state index < -0.39 is 10.0 Å². The van der Waals surface area contributed by atoms with Crippen LogP contribution in [0, 0.1) is 12.8 Å². The maximum Gasteiger partial charge on any atom is 0.261 e. The van der Waals surface area contributed by atoms with Crippen molar-refractivity contribution in [1.29, 1.82) is 0 Å². The quantitative estimate of drug-likeness (QED) is 0.839. The number of rotatable bonds is 4. The van der Waals surface area contributed by atoms with E-state index in [4.69, 9.17) is 11.6 Å². The van der Waals surface area contributed by atoms with Crippen molar-refractivity contribution >= 4 is 33.0 Å². The average molecular weight is 379 g/mol. The van der Waals surface area contributed by atoms with Gasteiger partial charge in [0.2, 0.25) is 0 Å². The van der Waals surface area contributed by atoms with Gasteiger partial charge in [-0.1, -0.05) is 42.3 Å². The summed E-state index contributed by atoms with van der Waals surface area (Å²) in [5, 5.41) is 0.568. The maximum absolute atomic E-state index is 12.8. The maximum atomic E-state index is 12.8. The summed E-state index contributed by atoms with van der Waals surface area (Å²) in [7, 11) is -3.66. The first-order valence-corrected chi connectivity index (χ1v) is 10.4. The molecule has 0 aromatic heterocycles. The number of aryl methyl sites for hydroxylation is 1. The van der Waals surface area contributed by atoms with Crippen molar-refractivity contribution in [2.75, 3.05) is 22.7 Å². The minimum Gasteiger partial charge on any atom is -0.368 e. The van der Waals surface area contributed by atoms with E-state index in [2.05, 4.69) is 16.5 Å². The van der Waals surface area contributed by atoms with Crippen LogP contribution in [0.2, 0.25) is 5.02 Å². The van der Waals surface area contributed by atoms with E-state index in [1.807, 2.05) is 6.92 Å². The van der Waals surface area contributed by atoms with Gasteiger partial charge in [-0.15, -0.1) is 0 Å². The monoisotopic (exact) mass is 378 g/mol. The van der Waals surface area contributed by atoms with E-state index in [9.17, 15) is 8.42 Å². The standard InChI is InChI=1S/C19H23ClN2O2S/c1-14-8-10-16(11-9-14)25(23,24)21-18-7-3-6-17(20)19(18)22-12-4-5-15(2)13-22/h3,6-11,15,21H,4-5,12-13H2,1-2H3. The van der Waals surface area contributed by atoms with E-state index in [0.717, 1.165) is 30.8 Å². The van der Waals surface area contributed by atoms with Gasteiger partial charge in [0.15, 0.2) is 0 Å². The van der Waals surface area contributed by atoms with Crippen molar-refractivity contribution < 1.29 is 8.42 Å². The van der Waals surface area contributed by atoms with E-state index in [1.54, 1.807) is 42.5 Å². The summed E-state index contributed by atoms with van der Waals surface area (Å²) in [6.07, 6.45) is 2.27. The van der Waals surface area contributed by atoms with Crippen molar-refractivity contribution in [2.24, 2.45) is 5.92 Å². The number of hydrogen-bond acceptors (Lipinski definition) is 3. The van der Waals surface area contributed by atoms with Gasteiger partial charge in [-0.25, -0.2) is 8.42 Å². The Morgan fingerprint density at radius 1 is 1.16 bits per heavy atom. The van der Waals surface area contributed by atoms with Crippen molar-refractivity contribution in [1.82, 2.24) is 0 Å². The van der Waals surface area contributed by atoms with Crippen LogP contribution < -0.4 is 9.62 Å². The number of nitrogens with zero attached hydrogens (tertiary/aromatic N) is 1. The van der Waals surface area contributed by atoms with Crippen LogP contribution in [0.15, 0.2) is 47.4 Å². The van der Waals surface area contributed by atoms with Crippen LogP contribution in [0.1, 0.15) is 25.3 Å². The average Bonchev–Trinajstić information content (AvgIpc) is 2.55. The smallest absolute Gasteiger partial charge is 0.261 e. The van der Waals surface area contributed by atoms with Gasteiger partial charge in [0.1, 0.15) is 0 Å². The number of halogens is 1. The SMILES string of the molecule is Cc1ccc(S(=O)(=O)Nc2cccc(Cl)c2N2CCCC(C)C2)cc1. The van der Waals surface area contributed by atoms with E-state index >= 15 is 0 Å². The predicted octanol–water partition coefficient (Wildman–Crippen LogP) is 4.69. The number of para-hydroxylation sites is 1. The Hall–Kier alpha value is -1.72. The molecule has 1 aliphatic heterocycles. The predicted molar refractivity (Wildman–Crippen MR) is 104 cm³/mol. The Morgan fingerprint density at radius 3 is 2.56 bits per heavy atom. The lowest BCUT2D eigenvalue weighted by atomic mass is 9.99. The molecule has 3 rings (SSSR count). The second-order valence-electron chi connectivity index (χ2n) is 6.75. The fourth-order valence-electron chi connectivity index (χ4n) is 3.23. The molecule has 1 heterocycles. The molecule has 0 radical (unpaired) electrons. The first-order valence-electron chi connectivity index (χ1n) is 8.50. The summed E-state index contributed by atoms with van der Waals surface area (Å²) in [4.78, 5) is 2.43. The van der Waals surface area contributed by atoms with Crippen LogP contribution in [0.3, 0.4) is 0 Å². The Morgan fingerprint density at radius 2 is 1.88 bits per heavy atom. The number of nitrogens with one attached hydrogen (secondary N) is 1. The number of piperidine rings is 1. The van der Waals surface area contributed by atoms with E-state index in [1.165, 1.54) is 6.42 Å².